The van der Waals surface area contributed by atoms with Gasteiger partial charge < -0.3 is 19.3 Å². The van der Waals surface area contributed by atoms with Gasteiger partial charge in [-0.05, 0) is 20.5 Å². The third-order valence-electron chi connectivity index (χ3n) is 2.66. The molecule has 0 unspecified atom stereocenters. The number of hydrogen-bond acceptors (Lipinski definition) is 4. The van der Waals surface area contributed by atoms with Crippen molar-refractivity contribution in [3.05, 3.63) is 23.7 Å². The van der Waals surface area contributed by atoms with Gasteiger partial charge in [0.15, 0.2) is 5.76 Å². The Morgan fingerprint density at radius 1 is 1.26 bits per heavy atom. The lowest BCUT2D eigenvalue weighted by molar-refractivity contribution is 0.0692. The van der Waals surface area contributed by atoms with Crippen LogP contribution < -0.4 is 0 Å². The second-order valence-electron chi connectivity index (χ2n) is 4.60. The summed E-state index contributed by atoms with van der Waals surface area (Å²) in [5.41, 5.74) is -0.00703. The Bertz CT molecular complexity index is 440. The Morgan fingerprint density at radius 2 is 1.95 bits per heavy atom. The van der Waals surface area contributed by atoms with E-state index in [1.807, 2.05) is 25.9 Å². The number of amides is 1. The van der Waals surface area contributed by atoms with Gasteiger partial charge in [0.25, 0.3) is 5.91 Å². The van der Waals surface area contributed by atoms with Crippen LogP contribution >= 0.6 is 0 Å². The zero-order chi connectivity index (χ0) is 14.4. The summed E-state index contributed by atoms with van der Waals surface area (Å²) < 4.78 is 5.04. The summed E-state index contributed by atoms with van der Waals surface area (Å²) in [5, 5.41) is 8.81. The van der Waals surface area contributed by atoms with Crippen molar-refractivity contribution in [3.63, 3.8) is 0 Å². The average Bonchev–Trinajstić information content (AvgIpc) is 2.83. The highest BCUT2D eigenvalue weighted by atomic mass is 16.4. The smallest absolute Gasteiger partial charge is 0.338 e. The fraction of sp³-hybridized carbons (Fsp3) is 0.538. The van der Waals surface area contributed by atoms with Gasteiger partial charge in [-0.2, -0.15) is 0 Å². The molecule has 0 aliphatic heterocycles. The normalized spacial score (nSPS) is 10.7. The number of carbonyl (C=O) groups excluding carboxylic acids is 1. The second kappa shape index (κ2) is 6.94. The maximum atomic E-state index is 12.2. The lowest BCUT2D eigenvalue weighted by Crippen LogP contribution is -2.37. The SMILES string of the molecule is CCCN(CCN(C)C)C(=O)c1cc(C(=O)O)co1. The van der Waals surface area contributed by atoms with Crippen LogP contribution in [0.2, 0.25) is 0 Å². The first-order chi connectivity index (χ1) is 8.95. The summed E-state index contributed by atoms with van der Waals surface area (Å²) in [7, 11) is 3.87. The predicted molar refractivity (Wildman–Crippen MR) is 70.4 cm³/mol. The molecule has 1 N–H and O–H groups in total. The van der Waals surface area contributed by atoms with Crippen LogP contribution in [0.1, 0.15) is 34.3 Å². The molecule has 1 heterocycles. The van der Waals surface area contributed by atoms with E-state index < -0.39 is 5.97 Å². The number of carbonyl (C=O) groups is 2. The number of likely N-dealkylation sites (N-methyl/N-ethyl adjacent to an activating group) is 1. The zero-order valence-corrected chi connectivity index (χ0v) is 11.5. The van der Waals surface area contributed by atoms with Crippen molar-refractivity contribution in [1.29, 1.82) is 0 Å². The average molecular weight is 268 g/mol. The van der Waals surface area contributed by atoms with Gasteiger partial charge >= 0.3 is 5.97 Å². The minimum atomic E-state index is -1.10. The topological polar surface area (TPSA) is 74.0 Å². The molecule has 0 atom stereocenters. The quantitative estimate of drug-likeness (QED) is 0.809. The number of aromatic carboxylic acids is 1. The predicted octanol–water partition coefficient (Wildman–Crippen LogP) is 1.39. The summed E-state index contributed by atoms with van der Waals surface area (Å²) >= 11 is 0. The summed E-state index contributed by atoms with van der Waals surface area (Å²) in [6.45, 7) is 3.94. The fourth-order valence-corrected chi connectivity index (χ4v) is 1.62. The van der Waals surface area contributed by atoms with Gasteiger partial charge in [0.05, 0.1) is 5.56 Å². The Labute approximate surface area is 112 Å². The molecular formula is C13H20N2O4. The summed E-state index contributed by atoms with van der Waals surface area (Å²) in [4.78, 5) is 26.6. The number of rotatable bonds is 7. The van der Waals surface area contributed by atoms with E-state index >= 15 is 0 Å². The first-order valence-electron chi connectivity index (χ1n) is 6.21. The van der Waals surface area contributed by atoms with E-state index in [1.54, 1.807) is 4.90 Å². The van der Waals surface area contributed by atoms with Gasteiger partial charge in [-0.15, -0.1) is 0 Å². The lowest BCUT2D eigenvalue weighted by Gasteiger charge is -2.22. The van der Waals surface area contributed by atoms with E-state index in [1.165, 1.54) is 6.07 Å². The second-order valence-corrected chi connectivity index (χ2v) is 4.60. The molecule has 0 radical (unpaired) electrons. The number of nitrogens with zero attached hydrogens (tertiary/aromatic N) is 2. The molecule has 0 fully saturated rings. The molecule has 1 aromatic heterocycles. The van der Waals surface area contributed by atoms with Crippen LogP contribution in [-0.4, -0.2) is 60.5 Å². The molecule has 0 bridgehead atoms. The van der Waals surface area contributed by atoms with Crippen molar-refractivity contribution < 1.29 is 19.1 Å². The van der Waals surface area contributed by atoms with Crippen molar-refractivity contribution in [2.75, 3.05) is 33.7 Å². The van der Waals surface area contributed by atoms with Crippen LogP contribution in [0.15, 0.2) is 16.7 Å². The summed E-state index contributed by atoms with van der Waals surface area (Å²) in [5.74, 6) is -1.29. The minimum Gasteiger partial charge on any atom is -0.478 e. The van der Waals surface area contributed by atoms with Crippen LogP contribution in [0.5, 0.6) is 0 Å². The monoisotopic (exact) mass is 268 g/mol. The standard InChI is InChI=1S/C13H20N2O4/c1-4-5-15(7-6-14(2)3)12(16)11-8-10(9-19-11)13(17)18/h8-9H,4-7H2,1-3H3,(H,17,18). The van der Waals surface area contributed by atoms with Gasteiger partial charge in [0.1, 0.15) is 6.26 Å². The molecule has 1 aromatic rings. The largest absolute Gasteiger partial charge is 0.478 e. The van der Waals surface area contributed by atoms with Gasteiger partial charge in [-0.1, -0.05) is 6.92 Å². The van der Waals surface area contributed by atoms with E-state index in [0.29, 0.717) is 13.1 Å². The molecule has 0 spiro atoms. The summed E-state index contributed by atoms with van der Waals surface area (Å²) in [6, 6.07) is 1.27. The third-order valence-corrected chi connectivity index (χ3v) is 2.66. The molecule has 0 aromatic carbocycles. The molecule has 19 heavy (non-hydrogen) atoms. The van der Waals surface area contributed by atoms with E-state index in [9.17, 15) is 9.59 Å². The highest BCUT2D eigenvalue weighted by Crippen LogP contribution is 2.11. The highest BCUT2D eigenvalue weighted by Gasteiger charge is 2.20. The Morgan fingerprint density at radius 3 is 2.42 bits per heavy atom. The van der Waals surface area contributed by atoms with Gasteiger partial charge in [-0.3, -0.25) is 4.79 Å². The van der Waals surface area contributed by atoms with E-state index in [0.717, 1.165) is 19.2 Å². The van der Waals surface area contributed by atoms with Crippen LogP contribution in [0.4, 0.5) is 0 Å². The fourth-order valence-electron chi connectivity index (χ4n) is 1.62. The van der Waals surface area contributed by atoms with Crippen LogP contribution in [0.3, 0.4) is 0 Å². The maximum Gasteiger partial charge on any atom is 0.338 e. The Kier molecular flexibility index (Phi) is 5.57. The van der Waals surface area contributed by atoms with Gasteiger partial charge in [0, 0.05) is 25.7 Å². The van der Waals surface area contributed by atoms with Crippen molar-refractivity contribution in [2.24, 2.45) is 0 Å². The third kappa shape index (κ3) is 4.40. The van der Waals surface area contributed by atoms with Gasteiger partial charge in [0.2, 0.25) is 0 Å². The molecule has 0 saturated heterocycles. The first-order valence-corrected chi connectivity index (χ1v) is 6.21. The number of furan rings is 1. The van der Waals surface area contributed by atoms with Crippen molar-refractivity contribution in [2.45, 2.75) is 13.3 Å². The Balaban J connectivity index is 2.76. The molecule has 0 saturated carbocycles. The number of hydrogen-bond donors (Lipinski definition) is 1. The molecule has 0 aliphatic carbocycles. The van der Waals surface area contributed by atoms with E-state index in [2.05, 4.69) is 0 Å². The molecular weight excluding hydrogens is 248 g/mol. The molecule has 0 aliphatic rings. The number of carboxylic acids is 1. The summed E-state index contributed by atoms with van der Waals surface area (Å²) in [6.07, 6.45) is 1.93. The van der Waals surface area contributed by atoms with Gasteiger partial charge in [-0.25, -0.2) is 4.79 Å². The number of carboxylic acid groups (broad SMARTS) is 1. The van der Waals surface area contributed by atoms with Crippen molar-refractivity contribution >= 4 is 11.9 Å². The molecule has 1 rings (SSSR count). The van der Waals surface area contributed by atoms with Crippen LogP contribution in [0, 0.1) is 0 Å². The molecule has 6 nitrogen and oxygen atoms in total. The molecule has 106 valence electrons. The molecule has 6 heteroatoms. The highest BCUT2D eigenvalue weighted by molar-refractivity contribution is 5.95. The van der Waals surface area contributed by atoms with E-state index in [-0.39, 0.29) is 17.2 Å². The van der Waals surface area contributed by atoms with Crippen molar-refractivity contribution in [1.82, 2.24) is 9.80 Å². The van der Waals surface area contributed by atoms with Crippen LogP contribution in [-0.2, 0) is 0 Å². The molecule has 1 amide bonds. The van der Waals surface area contributed by atoms with Crippen molar-refractivity contribution in [3.8, 4) is 0 Å². The van der Waals surface area contributed by atoms with E-state index in [4.69, 9.17) is 9.52 Å². The van der Waals surface area contributed by atoms with Crippen LogP contribution in [0.25, 0.3) is 0 Å². The first kappa shape index (κ1) is 15.2. The minimum absolute atomic E-state index is 0.00703. The zero-order valence-electron chi connectivity index (χ0n) is 11.5. The maximum absolute atomic E-state index is 12.2. The Hall–Kier alpha value is -1.82. The lowest BCUT2D eigenvalue weighted by atomic mass is 10.3.